The first-order chi connectivity index (χ1) is 22.1. The van der Waals surface area contributed by atoms with E-state index in [1.807, 2.05) is 6.07 Å². The van der Waals surface area contributed by atoms with Crippen LogP contribution < -0.4 is 16.2 Å². The first-order valence-corrected chi connectivity index (χ1v) is 15.6. The predicted molar refractivity (Wildman–Crippen MR) is 168 cm³/mol. The van der Waals surface area contributed by atoms with Crippen LogP contribution >= 0.6 is 11.6 Å². The second-order valence-corrected chi connectivity index (χ2v) is 12.3. The maximum atomic E-state index is 13.5. The van der Waals surface area contributed by atoms with E-state index >= 15 is 0 Å². The SMILES string of the molecule is C1=COCCO1.CNCc1cc(C(=O)Nc2cc(-c3ccc(Cl)cc3C(=O)N3CC(F)(F)C3)cc(C3CC3)n2)c(=O)n(C2CC2)c1. The van der Waals surface area contributed by atoms with Gasteiger partial charge in [0.25, 0.3) is 23.3 Å². The fourth-order valence-corrected chi connectivity index (χ4v) is 5.55. The molecule has 2 amide bonds. The molecule has 2 N–H and O–H groups in total. The molecule has 7 rings (SSSR count). The predicted octanol–water partition coefficient (Wildman–Crippen LogP) is 5.34. The number of alkyl halides is 2. The smallest absolute Gasteiger partial charge is 0.282 e. The summed E-state index contributed by atoms with van der Waals surface area (Å²) in [7, 11) is 1.80. The molecule has 46 heavy (non-hydrogen) atoms. The van der Waals surface area contributed by atoms with E-state index in [9.17, 15) is 23.2 Å². The van der Waals surface area contributed by atoms with E-state index in [2.05, 4.69) is 15.6 Å². The van der Waals surface area contributed by atoms with Crippen molar-refractivity contribution in [1.82, 2.24) is 19.8 Å². The highest BCUT2D eigenvalue weighted by Gasteiger charge is 2.46. The zero-order chi connectivity index (χ0) is 32.4. The van der Waals surface area contributed by atoms with E-state index < -0.39 is 30.8 Å². The number of nitrogens with one attached hydrogen (secondary N) is 2. The van der Waals surface area contributed by atoms with Gasteiger partial charge in [0.2, 0.25) is 0 Å². The Hall–Kier alpha value is -4.29. The molecule has 0 spiro atoms. The topological polar surface area (TPSA) is 115 Å². The van der Waals surface area contributed by atoms with Crippen molar-refractivity contribution in [3.63, 3.8) is 0 Å². The van der Waals surface area contributed by atoms with Gasteiger partial charge in [0, 0.05) is 41.0 Å². The molecule has 0 atom stereocenters. The molecule has 1 saturated heterocycles. The Morgan fingerprint density at radius 2 is 1.74 bits per heavy atom. The summed E-state index contributed by atoms with van der Waals surface area (Å²) in [5.74, 6) is -3.56. The molecule has 1 aromatic carbocycles. The maximum absolute atomic E-state index is 13.5. The Bertz CT molecular complexity index is 1720. The van der Waals surface area contributed by atoms with Crippen LogP contribution in [0.25, 0.3) is 11.1 Å². The molecule has 3 aromatic rings. The Balaban J connectivity index is 0.000000557. The largest absolute Gasteiger partial charge is 0.494 e. The molecule has 10 nitrogen and oxygen atoms in total. The van der Waals surface area contributed by atoms with Gasteiger partial charge in [-0.1, -0.05) is 17.7 Å². The molecule has 242 valence electrons. The number of amides is 2. The van der Waals surface area contributed by atoms with Crippen LogP contribution in [-0.2, 0) is 16.0 Å². The van der Waals surface area contributed by atoms with Crippen molar-refractivity contribution in [3.8, 4) is 11.1 Å². The summed E-state index contributed by atoms with van der Waals surface area (Å²) in [5.41, 5.74) is 2.53. The number of carbonyl (C=O) groups excluding carboxylic acids is 2. The quantitative estimate of drug-likeness (QED) is 0.337. The fourth-order valence-electron chi connectivity index (χ4n) is 5.37. The number of nitrogens with zero attached hydrogens (tertiary/aromatic N) is 3. The van der Waals surface area contributed by atoms with Crippen molar-refractivity contribution in [3.05, 3.63) is 92.9 Å². The molecular formula is C33H34ClF2N5O5. The number of hydrogen-bond acceptors (Lipinski definition) is 7. The van der Waals surface area contributed by atoms with Gasteiger partial charge in [0.05, 0.1) is 13.1 Å². The second-order valence-electron chi connectivity index (χ2n) is 11.9. The zero-order valence-electron chi connectivity index (χ0n) is 25.2. The summed E-state index contributed by atoms with van der Waals surface area (Å²) in [6.07, 6.45) is 8.57. The van der Waals surface area contributed by atoms with Gasteiger partial charge in [0.15, 0.2) is 0 Å². The van der Waals surface area contributed by atoms with Crippen LogP contribution in [0.3, 0.4) is 0 Å². The average molecular weight is 654 g/mol. The summed E-state index contributed by atoms with van der Waals surface area (Å²) in [6, 6.07) is 9.95. The minimum absolute atomic E-state index is 0.0286. The summed E-state index contributed by atoms with van der Waals surface area (Å²) < 4.78 is 38.2. The first kappa shape index (κ1) is 31.7. The van der Waals surface area contributed by atoms with Crippen molar-refractivity contribution >= 4 is 29.2 Å². The average Bonchev–Trinajstić information content (AvgIpc) is 3.95. The number of aromatic nitrogens is 2. The van der Waals surface area contributed by atoms with Crippen molar-refractivity contribution in [1.29, 1.82) is 0 Å². The van der Waals surface area contributed by atoms with Crippen molar-refractivity contribution in [2.24, 2.45) is 0 Å². The van der Waals surface area contributed by atoms with Gasteiger partial charge in [-0.3, -0.25) is 14.4 Å². The number of anilines is 1. The lowest BCUT2D eigenvalue weighted by Gasteiger charge is -2.39. The second kappa shape index (κ2) is 13.2. The molecule has 13 heteroatoms. The highest BCUT2D eigenvalue weighted by molar-refractivity contribution is 6.31. The molecule has 0 unspecified atom stereocenters. The van der Waals surface area contributed by atoms with Crippen molar-refractivity contribution in [2.75, 3.05) is 38.7 Å². The van der Waals surface area contributed by atoms with Gasteiger partial charge >= 0.3 is 0 Å². The third-order valence-corrected chi connectivity index (χ3v) is 8.20. The molecular weight excluding hydrogens is 620 g/mol. The van der Waals surface area contributed by atoms with E-state index in [1.165, 1.54) is 6.07 Å². The molecule has 2 aliphatic heterocycles. The lowest BCUT2D eigenvalue weighted by Crippen LogP contribution is -2.58. The van der Waals surface area contributed by atoms with E-state index in [-0.39, 0.29) is 34.5 Å². The number of rotatable bonds is 8. The fraction of sp³-hybridized carbons (Fsp3) is 0.394. The van der Waals surface area contributed by atoms with E-state index in [0.29, 0.717) is 35.9 Å². The summed E-state index contributed by atoms with van der Waals surface area (Å²) in [6.45, 7) is 0.595. The summed E-state index contributed by atoms with van der Waals surface area (Å²) in [5, 5.41) is 6.16. The molecule has 0 radical (unpaired) electrons. The van der Waals surface area contributed by atoms with Gasteiger partial charge in [0.1, 0.15) is 37.1 Å². The number of likely N-dealkylation sites (tertiary alicyclic amines) is 1. The van der Waals surface area contributed by atoms with E-state index in [0.717, 1.165) is 41.8 Å². The van der Waals surface area contributed by atoms with Gasteiger partial charge in [-0.25, -0.2) is 13.8 Å². The standard InChI is InChI=1S/C29H28ClF2N5O3.C4H6O2/c1-33-12-16-8-23(28(40)37(13-16)20-5-6-20)26(38)35-25-10-18(9-24(34-25)17-2-3-17)21-7-4-19(30)11-22(21)27(39)36-14-29(31,32)15-36;1-2-6-4-3-5-1/h4,7-11,13,17,20,33H,2-3,5-6,12,14-15H2,1H3,(H,34,35,38);1-2H,3-4H2. The maximum Gasteiger partial charge on any atom is 0.282 e. The number of pyridine rings is 2. The van der Waals surface area contributed by atoms with Crippen LogP contribution in [0.4, 0.5) is 14.6 Å². The molecule has 4 heterocycles. The minimum atomic E-state index is -2.90. The van der Waals surface area contributed by atoms with Gasteiger partial charge in [-0.15, -0.1) is 0 Å². The van der Waals surface area contributed by atoms with Crippen LogP contribution in [0.15, 0.2) is 59.9 Å². The van der Waals surface area contributed by atoms with Gasteiger partial charge in [-0.05, 0) is 79.8 Å². The molecule has 3 fully saturated rings. The lowest BCUT2D eigenvalue weighted by molar-refractivity contribution is -0.113. The zero-order valence-corrected chi connectivity index (χ0v) is 26.0. The number of ether oxygens (including phenoxy) is 2. The molecule has 0 bridgehead atoms. The number of benzene rings is 1. The highest BCUT2D eigenvalue weighted by Crippen LogP contribution is 2.42. The van der Waals surface area contributed by atoms with Crippen molar-refractivity contribution < 1.29 is 27.8 Å². The minimum Gasteiger partial charge on any atom is -0.494 e. The number of carbonyl (C=O) groups is 2. The lowest BCUT2D eigenvalue weighted by atomic mass is 9.96. The third kappa shape index (κ3) is 7.39. The van der Waals surface area contributed by atoms with Crippen LogP contribution in [-0.4, -0.2) is 65.5 Å². The molecule has 2 aliphatic carbocycles. The van der Waals surface area contributed by atoms with Crippen LogP contribution in [0.2, 0.25) is 5.02 Å². The third-order valence-electron chi connectivity index (χ3n) is 7.97. The Morgan fingerprint density at radius 1 is 1.02 bits per heavy atom. The molecule has 4 aliphatic rings. The van der Waals surface area contributed by atoms with E-state index in [1.54, 1.807) is 54.6 Å². The summed E-state index contributed by atoms with van der Waals surface area (Å²) in [4.78, 5) is 45.5. The van der Waals surface area contributed by atoms with Crippen LogP contribution in [0, 0.1) is 0 Å². The Morgan fingerprint density at radius 3 is 2.33 bits per heavy atom. The van der Waals surface area contributed by atoms with Crippen molar-refractivity contribution in [2.45, 2.75) is 50.1 Å². The monoisotopic (exact) mass is 653 g/mol. The van der Waals surface area contributed by atoms with Gasteiger partial charge < -0.3 is 29.6 Å². The normalized spacial score (nSPS) is 18.0. The Labute approximate surface area is 269 Å². The number of halogens is 3. The molecule has 2 aromatic heterocycles. The number of hydrogen-bond donors (Lipinski definition) is 2. The van der Waals surface area contributed by atoms with Gasteiger partial charge in [-0.2, -0.15) is 0 Å². The Kier molecular flexibility index (Phi) is 9.10. The highest BCUT2D eigenvalue weighted by atomic mass is 35.5. The van der Waals surface area contributed by atoms with Crippen LogP contribution in [0.1, 0.15) is 69.6 Å². The molecule has 2 saturated carbocycles. The van der Waals surface area contributed by atoms with Crippen LogP contribution in [0.5, 0.6) is 0 Å². The van der Waals surface area contributed by atoms with E-state index in [4.69, 9.17) is 21.1 Å². The first-order valence-electron chi connectivity index (χ1n) is 15.2. The summed E-state index contributed by atoms with van der Waals surface area (Å²) >= 11 is 6.20.